The Morgan fingerprint density at radius 2 is 2.20 bits per heavy atom. The second-order valence-corrected chi connectivity index (χ2v) is 7.41. The van der Waals surface area contributed by atoms with Crippen molar-refractivity contribution in [2.45, 2.75) is 25.3 Å². The molecule has 1 aromatic carbocycles. The quantitative estimate of drug-likeness (QED) is 0.674. The smallest absolute Gasteiger partial charge is 0.247 e. The van der Waals surface area contributed by atoms with Crippen LogP contribution in [0.25, 0.3) is 16.3 Å². The summed E-state index contributed by atoms with van der Waals surface area (Å²) in [5.41, 5.74) is 1.95. The van der Waals surface area contributed by atoms with Gasteiger partial charge in [-0.15, -0.1) is 11.3 Å². The van der Waals surface area contributed by atoms with Crippen LogP contribution in [-0.2, 0) is 11.8 Å². The van der Waals surface area contributed by atoms with Crippen LogP contribution in [0, 0.1) is 0 Å². The zero-order chi connectivity index (χ0) is 17.2. The summed E-state index contributed by atoms with van der Waals surface area (Å²) < 4.78 is 2.91. The average Bonchev–Trinajstić information content (AvgIpc) is 3.25. The minimum Gasteiger partial charge on any atom is -0.330 e. The van der Waals surface area contributed by atoms with Crippen molar-refractivity contribution < 1.29 is 4.79 Å². The first-order valence-electron chi connectivity index (χ1n) is 8.53. The molecular weight excluding hydrogens is 332 g/mol. The molecule has 3 heterocycles. The predicted octanol–water partition coefficient (Wildman–Crippen LogP) is 3.80. The summed E-state index contributed by atoms with van der Waals surface area (Å²) in [6, 6.07) is 8.24. The van der Waals surface area contributed by atoms with Gasteiger partial charge in [0.1, 0.15) is 5.01 Å². The number of aromatic nitrogens is 3. The van der Waals surface area contributed by atoms with E-state index >= 15 is 0 Å². The summed E-state index contributed by atoms with van der Waals surface area (Å²) in [4.78, 5) is 19.5. The van der Waals surface area contributed by atoms with Crippen molar-refractivity contribution in [2.75, 3.05) is 6.54 Å². The fourth-order valence-corrected chi connectivity index (χ4v) is 4.39. The summed E-state index contributed by atoms with van der Waals surface area (Å²) in [5, 5.41) is 5.17. The molecule has 0 N–H and O–H groups in total. The number of para-hydroxylation sites is 1. The van der Waals surface area contributed by atoms with Crippen molar-refractivity contribution in [2.24, 2.45) is 7.05 Å². The van der Waals surface area contributed by atoms with Gasteiger partial charge in [0.25, 0.3) is 0 Å². The minimum absolute atomic E-state index is 0.0489. The number of amides is 1. The lowest BCUT2D eigenvalue weighted by Gasteiger charge is -2.33. The van der Waals surface area contributed by atoms with E-state index in [2.05, 4.69) is 11.2 Å². The number of benzene rings is 1. The van der Waals surface area contributed by atoms with Gasteiger partial charge in [0.05, 0.1) is 22.5 Å². The van der Waals surface area contributed by atoms with E-state index in [9.17, 15) is 4.79 Å². The Morgan fingerprint density at radius 1 is 1.32 bits per heavy atom. The monoisotopic (exact) mass is 352 g/mol. The van der Waals surface area contributed by atoms with E-state index in [1.807, 2.05) is 42.4 Å². The third kappa shape index (κ3) is 3.35. The Kier molecular flexibility index (Phi) is 4.36. The number of rotatable bonds is 3. The highest BCUT2D eigenvalue weighted by Crippen LogP contribution is 2.35. The lowest BCUT2D eigenvalue weighted by Crippen LogP contribution is -2.37. The van der Waals surface area contributed by atoms with E-state index in [0.29, 0.717) is 0 Å². The lowest BCUT2D eigenvalue weighted by atomic mass is 10.0. The highest BCUT2D eigenvalue weighted by molar-refractivity contribution is 7.18. The highest BCUT2D eigenvalue weighted by atomic mass is 32.1. The van der Waals surface area contributed by atoms with Crippen molar-refractivity contribution in [1.82, 2.24) is 19.7 Å². The van der Waals surface area contributed by atoms with Gasteiger partial charge in [-0.25, -0.2) is 4.98 Å². The molecule has 0 spiro atoms. The fourth-order valence-electron chi connectivity index (χ4n) is 3.27. The molecule has 0 aliphatic carbocycles. The highest BCUT2D eigenvalue weighted by Gasteiger charge is 2.29. The van der Waals surface area contributed by atoms with Crippen molar-refractivity contribution >= 4 is 33.5 Å². The number of aryl methyl sites for hydroxylation is 1. The van der Waals surface area contributed by atoms with Crippen LogP contribution in [0.4, 0.5) is 0 Å². The van der Waals surface area contributed by atoms with Gasteiger partial charge in [0, 0.05) is 31.4 Å². The number of thiazole rings is 1. The molecule has 1 aliphatic rings. The molecule has 0 bridgehead atoms. The molecule has 1 fully saturated rings. The molecule has 1 amide bonds. The number of nitrogens with zero attached hydrogens (tertiary/aromatic N) is 4. The van der Waals surface area contributed by atoms with Gasteiger partial charge < -0.3 is 4.90 Å². The maximum Gasteiger partial charge on any atom is 0.247 e. The van der Waals surface area contributed by atoms with E-state index in [4.69, 9.17) is 4.98 Å². The van der Waals surface area contributed by atoms with Crippen molar-refractivity contribution in [1.29, 1.82) is 0 Å². The normalized spacial score (nSPS) is 18.3. The molecule has 1 saturated heterocycles. The first-order valence-corrected chi connectivity index (χ1v) is 9.35. The predicted molar refractivity (Wildman–Crippen MR) is 100 cm³/mol. The van der Waals surface area contributed by atoms with E-state index < -0.39 is 0 Å². The maximum atomic E-state index is 12.8. The van der Waals surface area contributed by atoms with Gasteiger partial charge in [-0.2, -0.15) is 5.10 Å². The summed E-state index contributed by atoms with van der Waals surface area (Å²) >= 11 is 1.70. The van der Waals surface area contributed by atoms with Crippen LogP contribution in [0.2, 0.25) is 0 Å². The van der Waals surface area contributed by atoms with Gasteiger partial charge >= 0.3 is 0 Å². The zero-order valence-corrected chi connectivity index (χ0v) is 14.9. The molecule has 128 valence electrons. The van der Waals surface area contributed by atoms with Crippen molar-refractivity contribution in [3.63, 3.8) is 0 Å². The van der Waals surface area contributed by atoms with Gasteiger partial charge in [0.15, 0.2) is 0 Å². The summed E-state index contributed by atoms with van der Waals surface area (Å²) in [6.45, 7) is 0.788. The Balaban J connectivity index is 1.57. The largest absolute Gasteiger partial charge is 0.330 e. The average molecular weight is 352 g/mol. The van der Waals surface area contributed by atoms with Crippen LogP contribution in [-0.4, -0.2) is 32.1 Å². The van der Waals surface area contributed by atoms with Gasteiger partial charge in [-0.3, -0.25) is 9.48 Å². The van der Waals surface area contributed by atoms with Crippen LogP contribution in [0.3, 0.4) is 0 Å². The number of hydrogen-bond donors (Lipinski definition) is 0. The molecular formula is C19H20N4OS. The van der Waals surface area contributed by atoms with Gasteiger partial charge in [-0.05, 0) is 37.5 Å². The number of carbonyl (C=O) groups is 1. The second-order valence-electron chi connectivity index (χ2n) is 6.34. The van der Waals surface area contributed by atoms with Crippen LogP contribution in [0.15, 0.2) is 42.7 Å². The van der Waals surface area contributed by atoms with E-state index in [1.165, 1.54) is 4.70 Å². The first-order chi connectivity index (χ1) is 12.2. The number of piperidine rings is 1. The minimum atomic E-state index is 0.0489. The second kappa shape index (κ2) is 6.80. The molecule has 0 unspecified atom stereocenters. The topological polar surface area (TPSA) is 51.0 Å². The number of hydrogen-bond acceptors (Lipinski definition) is 4. The maximum absolute atomic E-state index is 12.8. The van der Waals surface area contributed by atoms with E-state index in [1.54, 1.807) is 28.3 Å². The fraction of sp³-hybridized carbons (Fsp3) is 0.316. The number of carbonyl (C=O) groups excluding carboxylic acids is 1. The summed E-state index contributed by atoms with van der Waals surface area (Å²) in [6.07, 6.45) is 10.3. The van der Waals surface area contributed by atoms with Crippen molar-refractivity contribution in [3.05, 3.63) is 53.3 Å². The molecule has 6 heteroatoms. The Morgan fingerprint density at radius 3 is 3.00 bits per heavy atom. The number of fused-ring (bicyclic) bond motifs is 1. The summed E-state index contributed by atoms with van der Waals surface area (Å²) in [5.74, 6) is 0.0489. The number of likely N-dealkylation sites (tertiary alicyclic amines) is 1. The Bertz CT molecular complexity index is 893. The molecule has 1 atom stereocenters. The molecule has 25 heavy (non-hydrogen) atoms. The molecule has 3 aromatic rings. The Hall–Kier alpha value is -2.47. The van der Waals surface area contributed by atoms with Crippen LogP contribution < -0.4 is 0 Å². The lowest BCUT2D eigenvalue weighted by molar-refractivity contribution is -0.129. The van der Waals surface area contributed by atoms with Gasteiger partial charge in [0.2, 0.25) is 5.91 Å². The third-order valence-electron chi connectivity index (χ3n) is 4.52. The first kappa shape index (κ1) is 16.0. The standard InChI is InChI=1S/C19H20N4OS/c1-22-13-14(12-20-22)9-10-18(24)23-11-5-4-7-16(23)19-21-15-6-2-3-8-17(15)25-19/h2-3,6,8-10,12-13,16H,4-5,7,11H2,1H3/b10-9+/t16-/m0/s1. The van der Waals surface area contributed by atoms with Crippen LogP contribution >= 0.6 is 11.3 Å². The molecule has 1 aliphatic heterocycles. The van der Waals surface area contributed by atoms with Crippen molar-refractivity contribution in [3.8, 4) is 0 Å². The molecule has 4 rings (SSSR count). The third-order valence-corrected chi connectivity index (χ3v) is 5.66. The SMILES string of the molecule is Cn1cc(/C=C/C(=O)N2CCCC[C@H]2c2nc3ccccc3s2)cn1. The van der Waals surface area contributed by atoms with E-state index in [0.717, 1.165) is 41.9 Å². The molecule has 5 nitrogen and oxygen atoms in total. The van der Waals surface area contributed by atoms with Crippen LogP contribution in [0.1, 0.15) is 35.9 Å². The zero-order valence-electron chi connectivity index (χ0n) is 14.1. The van der Waals surface area contributed by atoms with Gasteiger partial charge in [-0.1, -0.05) is 12.1 Å². The molecule has 0 saturated carbocycles. The van der Waals surface area contributed by atoms with Crippen LogP contribution in [0.5, 0.6) is 0 Å². The Labute approximate surface area is 150 Å². The summed E-state index contributed by atoms with van der Waals surface area (Å²) in [7, 11) is 1.87. The van der Waals surface area contributed by atoms with E-state index in [-0.39, 0.29) is 11.9 Å². The molecule has 0 radical (unpaired) electrons. The molecule has 2 aromatic heterocycles.